The molecule has 0 aliphatic heterocycles. The fourth-order valence-corrected chi connectivity index (χ4v) is 2.80. The lowest BCUT2D eigenvalue weighted by Crippen LogP contribution is -2.26. The van der Waals surface area contributed by atoms with E-state index in [2.05, 4.69) is 5.32 Å². The summed E-state index contributed by atoms with van der Waals surface area (Å²) in [6.45, 7) is 0.386. The first-order valence-electron chi connectivity index (χ1n) is 7.39. The molecule has 0 aliphatic rings. The minimum Gasteiger partial charge on any atom is -0.481 e. The molecule has 1 amide bonds. The number of carboxylic acid groups (broad SMARTS) is 1. The molecule has 1 aromatic rings. The van der Waals surface area contributed by atoms with E-state index in [1.807, 2.05) is 0 Å². The number of carbonyl (C=O) groups is 2. The Bertz CT molecular complexity index is 647. The summed E-state index contributed by atoms with van der Waals surface area (Å²) in [7, 11) is -4.44. The maximum atomic E-state index is 12.0. The molecular formula is C15H23NO6S. The van der Waals surface area contributed by atoms with Gasteiger partial charge in [0.15, 0.2) is 0 Å². The summed E-state index contributed by atoms with van der Waals surface area (Å²) in [4.78, 5) is 21.9. The van der Waals surface area contributed by atoms with E-state index in [4.69, 9.17) is 9.66 Å². The average Bonchev–Trinajstić information content (AvgIpc) is 2.48. The van der Waals surface area contributed by atoms with Gasteiger partial charge in [0.2, 0.25) is 0 Å². The summed E-state index contributed by atoms with van der Waals surface area (Å²) in [6, 6.07) is 5.46. The molecule has 0 heterocycles. The number of nitrogens with one attached hydrogen (secondary N) is 1. The molecule has 0 atom stereocenters. The molecule has 23 heavy (non-hydrogen) atoms. The molecular weight excluding hydrogens is 322 g/mol. The average molecular weight is 345 g/mol. The number of rotatable bonds is 10. The third-order valence-corrected chi connectivity index (χ3v) is 4.17. The van der Waals surface area contributed by atoms with Crippen LogP contribution in [0.15, 0.2) is 29.2 Å². The fourth-order valence-electron chi connectivity index (χ4n) is 2.11. The number of carbonyl (C=O) groups excluding carboxylic acids is 1. The summed E-state index contributed by atoms with van der Waals surface area (Å²) in [5.74, 6) is -1.35. The van der Waals surface area contributed by atoms with E-state index in [1.165, 1.54) is 24.3 Å². The van der Waals surface area contributed by atoms with Crippen LogP contribution in [-0.2, 0) is 14.9 Å². The van der Waals surface area contributed by atoms with Gasteiger partial charge in [-0.3, -0.25) is 14.1 Å². The molecule has 0 saturated carbocycles. The summed E-state index contributed by atoms with van der Waals surface area (Å²) < 4.78 is 31.5. The van der Waals surface area contributed by atoms with Gasteiger partial charge in [0.25, 0.3) is 16.0 Å². The Hall–Kier alpha value is -1.93. The lowest BCUT2D eigenvalue weighted by atomic mass is 10.1. The first-order valence-corrected chi connectivity index (χ1v) is 8.83. The molecule has 0 bridgehead atoms. The van der Waals surface area contributed by atoms with Crippen molar-refractivity contribution in [2.75, 3.05) is 6.54 Å². The highest BCUT2D eigenvalue weighted by Gasteiger charge is 2.19. The number of aliphatic carboxylic acids is 1. The Morgan fingerprint density at radius 3 is 2.30 bits per heavy atom. The van der Waals surface area contributed by atoms with Crippen LogP contribution in [0.5, 0.6) is 0 Å². The normalized spacial score (nSPS) is 11.2. The predicted octanol–water partition coefficient (Wildman–Crippen LogP) is 2.33. The van der Waals surface area contributed by atoms with Gasteiger partial charge >= 0.3 is 5.97 Å². The third-order valence-electron chi connectivity index (χ3n) is 3.26. The van der Waals surface area contributed by atoms with Gasteiger partial charge in [-0.15, -0.1) is 0 Å². The highest BCUT2D eigenvalue weighted by Crippen LogP contribution is 2.14. The Kier molecular flexibility index (Phi) is 7.70. The van der Waals surface area contributed by atoms with Gasteiger partial charge < -0.3 is 10.4 Å². The van der Waals surface area contributed by atoms with Gasteiger partial charge in [0.05, 0.1) is 5.56 Å². The molecule has 0 aromatic heterocycles. The first kappa shape index (κ1) is 19.1. The zero-order valence-corrected chi connectivity index (χ0v) is 13.5. The minimum absolute atomic E-state index is 0. The van der Waals surface area contributed by atoms with E-state index in [0.717, 1.165) is 19.3 Å². The second-order valence-electron chi connectivity index (χ2n) is 5.14. The number of carboxylic acids is 1. The second-order valence-corrected chi connectivity index (χ2v) is 6.53. The van der Waals surface area contributed by atoms with Crippen LogP contribution in [0.1, 0.15) is 50.3 Å². The van der Waals surface area contributed by atoms with Gasteiger partial charge in [-0.1, -0.05) is 31.4 Å². The van der Waals surface area contributed by atoms with E-state index < -0.39 is 26.9 Å². The smallest absolute Gasteiger partial charge is 0.303 e. The number of hydrogen-bond acceptors (Lipinski definition) is 4. The first-order chi connectivity index (χ1) is 10.8. The standard InChI is InChI=1S/C15H21NO6S.H2/c17-14(18)10-4-2-1-3-7-11-16-15(19)12-8-5-6-9-13(12)23(20,21)22;/h5-6,8-9H,1-4,7,10-11H2,(H,16,19)(H,17,18)(H,20,21,22);1H. The van der Waals surface area contributed by atoms with Crippen molar-refractivity contribution in [3.63, 3.8) is 0 Å². The van der Waals surface area contributed by atoms with Crippen LogP contribution in [0, 0.1) is 0 Å². The van der Waals surface area contributed by atoms with Crippen molar-refractivity contribution in [2.45, 2.75) is 43.4 Å². The molecule has 7 nitrogen and oxygen atoms in total. The van der Waals surface area contributed by atoms with Crippen molar-refractivity contribution < 1.29 is 29.1 Å². The lowest BCUT2D eigenvalue weighted by Gasteiger charge is -2.08. The van der Waals surface area contributed by atoms with E-state index in [-0.39, 0.29) is 13.4 Å². The summed E-state index contributed by atoms with van der Waals surface area (Å²) in [5.41, 5.74) is -0.0866. The topological polar surface area (TPSA) is 121 Å². The second kappa shape index (κ2) is 9.26. The van der Waals surface area contributed by atoms with Crippen molar-refractivity contribution in [1.29, 1.82) is 0 Å². The van der Waals surface area contributed by atoms with Crippen LogP contribution in [0.25, 0.3) is 0 Å². The van der Waals surface area contributed by atoms with Crippen LogP contribution in [0.3, 0.4) is 0 Å². The lowest BCUT2D eigenvalue weighted by molar-refractivity contribution is -0.137. The molecule has 1 rings (SSSR count). The zero-order chi connectivity index (χ0) is 17.3. The van der Waals surface area contributed by atoms with Gasteiger partial charge in [0, 0.05) is 14.4 Å². The van der Waals surface area contributed by atoms with Crippen LogP contribution >= 0.6 is 0 Å². The molecule has 8 heteroatoms. The van der Waals surface area contributed by atoms with Crippen molar-refractivity contribution in [3.8, 4) is 0 Å². The Labute approximate surface area is 136 Å². The molecule has 130 valence electrons. The van der Waals surface area contributed by atoms with Crippen LogP contribution in [-0.4, -0.2) is 36.5 Å². The van der Waals surface area contributed by atoms with Crippen LogP contribution in [0.4, 0.5) is 0 Å². The number of amides is 1. The Morgan fingerprint density at radius 2 is 1.65 bits per heavy atom. The van der Waals surface area contributed by atoms with Gasteiger partial charge in [-0.05, 0) is 25.0 Å². The fraction of sp³-hybridized carbons (Fsp3) is 0.467. The highest BCUT2D eigenvalue weighted by molar-refractivity contribution is 7.86. The van der Waals surface area contributed by atoms with Gasteiger partial charge in [-0.2, -0.15) is 8.42 Å². The van der Waals surface area contributed by atoms with Crippen molar-refractivity contribution in [2.24, 2.45) is 0 Å². The van der Waals surface area contributed by atoms with Gasteiger partial charge in [-0.25, -0.2) is 0 Å². The molecule has 1 aromatic carbocycles. The monoisotopic (exact) mass is 345 g/mol. The summed E-state index contributed by atoms with van der Waals surface area (Å²) >= 11 is 0. The zero-order valence-electron chi connectivity index (χ0n) is 12.7. The van der Waals surface area contributed by atoms with Crippen LogP contribution in [0.2, 0.25) is 0 Å². The van der Waals surface area contributed by atoms with E-state index in [9.17, 15) is 18.0 Å². The molecule has 0 spiro atoms. The molecule has 3 N–H and O–H groups in total. The van der Waals surface area contributed by atoms with Crippen LogP contribution < -0.4 is 5.32 Å². The Balaban J connectivity index is 0.00000529. The highest BCUT2D eigenvalue weighted by atomic mass is 32.2. The SMILES string of the molecule is O=C(O)CCCCCCCNC(=O)c1ccccc1S(=O)(=O)O.[HH]. The maximum absolute atomic E-state index is 12.0. The quantitative estimate of drug-likeness (QED) is 0.442. The van der Waals surface area contributed by atoms with Gasteiger partial charge in [0.1, 0.15) is 4.90 Å². The molecule has 0 fully saturated rings. The van der Waals surface area contributed by atoms with Crippen molar-refractivity contribution in [3.05, 3.63) is 29.8 Å². The molecule has 0 saturated heterocycles. The number of hydrogen-bond donors (Lipinski definition) is 3. The summed E-state index contributed by atoms with van der Waals surface area (Å²) in [5, 5.41) is 11.1. The predicted molar refractivity (Wildman–Crippen MR) is 86.0 cm³/mol. The third kappa shape index (κ3) is 7.25. The van der Waals surface area contributed by atoms with E-state index >= 15 is 0 Å². The Morgan fingerprint density at radius 1 is 1.04 bits per heavy atom. The van der Waals surface area contributed by atoms with Crippen molar-refractivity contribution in [1.82, 2.24) is 5.32 Å². The van der Waals surface area contributed by atoms with E-state index in [0.29, 0.717) is 19.4 Å². The van der Waals surface area contributed by atoms with Crippen molar-refractivity contribution >= 4 is 22.0 Å². The molecule has 0 unspecified atom stereocenters. The largest absolute Gasteiger partial charge is 0.481 e. The number of unbranched alkanes of at least 4 members (excludes halogenated alkanes) is 4. The molecule has 0 aliphatic carbocycles. The van der Waals surface area contributed by atoms with E-state index in [1.54, 1.807) is 0 Å². The molecule has 0 radical (unpaired) electrons. The number of benzene rings is 1. The maximum Gasteiger partial charge on any atom is 0.303 e. The minimum atomic E-state index is -4.44. The summed E-state index contributed by atoms with van der Waals surface area (Å²) in [6.07, 6.45) is 4.08.